The topological polar surface area (TPSA) is 30.9 Å². The number of hydrogen-bond donors (Lipinski definition) is 0. The van der Waals surface area contributed by atoms with Crippen LogP contribution in [0.25, 0.3) is 0 Å². The fraction of sp³-hybridized carbons (Fsp3) is 1.00. The number of fused-ring (bicyclic) bond motifs is 6. The van der Waals surface area contributed by atoms with Crippen molar-refractivity contribution < 1.29 is 9.22 Å². The third-order valence-corrected chi connectivity index (χ3v) is 12.1. The van der Waals surface area contributed by atoms with Crippen LogP contribution < -0.4 is 0 Å². The van der Waals surface area contributed by atoms with Gasteiger partial charge in [-0.05, 0) is 0 Å². The van der Waals surface area contributed by atoms with Gasteiger partial charge in [-0.1, -0.05) is 0 Å². The predicted octanol–water partition coefficient (Wildman–Crippen LogP) is 0.714. The van der Waals surface area contributed by atoms with Crippen LogP contribution in [0.5, 0.6) is 0 Å². The molecule has 2 bridgehead atoms. The quantitative estimate of drug-likeness (QED) is 0.668. The normalized spacial score (nSPS) is 39.2. The van der Waals surface area contributed by atoms with Gasteiger partial charge >= 0.3 is 91.0 Å². The van der Waals surface area contributed by atoms with Crippen molar-refractivity contribution in [2.75, 3.05) is 39.5 Å². The summed E-state index contributed by atoms with van der Waals surface area (Å²) in [6.45, 7) is 9.80. The van der Waals surface area contributed by atoms with Crippen molar-refractivity contribution in [1.29, 1.82) is 0 Å². The van der Waals surface area contributed by atoms with Crippen molar-refractivity contribution in [2.45, 2.75) is 17.8 Å². The van der Waals surface area contributed by atoms with Gasteiger partial charge in [0.2, 0.25) is 0 Å². The number of nitrogens with zero attached hydrogens (tertiary/aromatic N) is 1. The zero-order valence-electron chi connectivity index (χ0n) is 8.99. The average Bonchev–Trinajstić information content (AvgIpc) is 1.99. The van der Waals surface area contributed by atoms with Gasteiger partial charge in [0.05, 0.1) is 0 Å². The predicted molar refractivity (Wildman–Crippen MR) is 55.1 cm³/mol. The summed E-state index contributed by atoms with van der Waals surface area (Å²) in [6, 6.07) is 0. The van der Waals surface area contributed by atoms with Crippen LogP contribution in [0.15, 0.2) is 0 Å². The third-order valence-electron chi connectivity index (χ3n) is 2.84. The molecule has 0 atom stereocenters. The van der Waals surface area contributed by atoms with Gasteiger partial charge in [0.15, 0.2) is 0 Å². The van der Waals surface area contributed by atoms with Gasteiger partial charge in [-0.2, -0.15) is 0 Å². The van der Waals surface area contributed by atoms with Gasteiger partial charge in [0.1, 0.15) is 0 Å². The summed E-state index contributed by atoms with van der Waals surface area (Å²) >= 11 is -3.12. The second-order valence-electron chi connectivity index (χ2n) is 4.15. The molecule has 82 valence electrons. The van der Waals surface area contributed by atoms with Crippen LogP contribution in [0.2, 0.25) is 3.93 Å². The van der Waals surface area contributed by atoms with Gasteiger partial charge in [-0.3, -0.25) is 0 Å². The molecule has 0 N–H and O–H groups in total. The Hall–Kier alpha value is 0.639. The van der Waals surface area contributed by atoms with E-state index >= 15 is 0 Å². The molecule has 0 aromatic carbocycles. The number of rotatable bonds is 1. The minimum atomic E-state index is -3.12. The minimum absolute atomic E-state index is 0.439. The van der Waals surface area contributed by atoms with Crippen molar-refractivity contribution >= 4 is 19.6 Å². The maximum atomic E-state index is 5.93. The molecule has 0 radical (unpaired) electrons. The summed E-state index contributed by atoms with van der Waals surface area (Å²) in [6.07, 6.45) is 0. The summed E-state index contributed by atoms with van der Waals surface area (Å²) in [5, 5.41) is 0. The fourth-order valence-corrected chi connectivity index (χ4v) is 8.70. The Bertz CT molecular complexity index is 174. The molecule has 3 heterocycles. The molecule has 3 aliphatic rings. The van der Waals surface area contributed by atoms with E-state index in [-0.39, 0.29) is 0 Å². The van der Waals surface area contributed by atoms with Crippen molar-refractivity contribution in [3.8, 4) is 0 Å². The standard InChI is InChI=1S/C6H12NO3.C3H7.Sn/c8-4-1-7(2-5-9)3-6-10;1-3-2;/h1-6H2;3H,1-2H3;/q-3;;+3. The molecule has 0 amide bonds. The van der Waals surface area contributed by atoms with Crippen molar-refractivity contribution in [1.82, 2.24) is 4.90 Å². The fourth-order valence-electron chi connectivity index (χ4n) is 1.91. The molecule has 0 aliphatic carbocycles. The Labute approximate surface area is 91.0 Å². The van der Waals surface area contributed by atoms with E-state index in [1.54, 1.807) is 0 Å². The van der Waals surface area contributed by atoms with Gasteiger partial charge in [0, 0.05) is 0 Å². The first-order chi connectivity index (χ1) is 6.73. The van der Waals surface area contributed by atoms with E-state index in [2.05, 4.69) is 18.7 Å². The Balaban J connectivity index is 2.12. The average molecular weight is 308 g/mol. The molecule has 0 aromatic rings. The monoisotopic (exact) mass is 309 g/mol. The summed E-state index contributed by atoms with van der Waals surface area (Å²) in [5.74, 6) is 0. The molecule has 3 rings (SSSR count). The number of hydrogen-bond acceptors (Lipinski definition) is 4. The Morgan fingerprint density at radius 1 is 0.929 bits per heavy atom. The molecule has 0 saturated carbocycles. The van der Waals surface area contributed by atoms with E-state index in [9.17, 15) is 0 Å². The van der Waals surface area contributed by atoms with Gasteiger partial charge in [0.25, 0.3) is 0 Å². The summed E-state index contributed by atoms with van der Waals surface area (Å²) in [5.41, 5.74) is 0. The molecule has 5 heteroatoms. The van der Waals surface area contributed by atoms with Crippen LogP contribution in [0.3, 0.4) is 0 Å². The molecule has 0 spiro atoms. The molecule has 4 nitrogen and oxygen atoms in total. The maximum absolute atomic E-state index is 5.93. The SMILES string of the molecule is C[CH](C)[Sn]12[O]CCN(CC[O]1)CC[O]2. The Morgan fingerprint density at radius 2 is 1.36 bits per heavy atom. The Kier molecular flexibility index (Phi) is 3.70. The molecule has 0 unspecified atom stereocenters. The van der Waals surface area contributed by atoms with E-state index in [1.165, 1.54) is 0 Å². The van der Waals surface area contributed by atoms with E-state index in [0.717, 1.165) is 39.5 Å². The van der Waals surface area contributed by atoms with Crippen molar-refractivity contribution in [2.24, 2.45) is 0 Å². The van der Waals surface area contributed by atoms with Gasteiger partial charge in [-0.15, -0.1) is 0 Å². The zero-order valence-corrected chi connectivity index (χ0v) is 11.8. The van der Waals surface area contributed by atoms with Crippen molar-refractivity contribution in [3.05, 3.63) is 0 Å². The van der Waals surface area contributed by atoms with Crippen LogP contribution >= 0.6 is 0 Å². The first kappa shape index (κ1) is 11.1. The molecular formula is C9H19NO3Sn. The van der Waals surface area contributed by atoms with Crippen LogP contribution in [-0.2, 0) is 9.22 Å². The van der Waals surface area contributed by atoms with Crippen LogP contribution in [-0.4, -0.2) is 64.0 Å². The summed E-state index contributed by atoms with van der Waals surface area (Å²) in [4.78, 5) is 2.34. The second-order valence-corrected chi connectivity index (χ2v) is 13.4. The van der Waals surface area contributed by atoms with Gasteiger partial charge < -0.3 is 0 Å². The van der Waals surface area contributed by atoms with E-state index in [0.29, 0.717) is 3.93 Å². The van der Waals surface area contributed by atoms with E-state index in [4.69, 9.17) is 9.22 Å². The summed E-state index contributed by atoms with van der Waals surface area (Å²) in [7, 11) is 0. The second kappa shape index (κ2) is 4.65. The van der Waals surface area contributed by atoms with E-state index < -0.39 is 19.6 Å². The molecular weight excluding hydrogens is 289 g/mol. The first-order valence-electron chi connectivity index (χ1n) is 5.37. The molecule has 14 heavy (non-hydrogen) atoms. The molecule has 3 saturated heterocycles. The van der Waals surface area contributed by atoms with Crippen LogP contribution in [0.1, 0.15) is 13.8 Å². The van der Waals surface area contributed by atoms with E-state index in [1.807, 2.05) is 0 Å². The summed E-state index contributed by atoms with van der Waals surface area (Å²) < 4.78 is 18.2. The zero-order chi connectivity index (χ0) is 10.0. The van der Waals surface area contributed by atoms with Crippen LogP contribution in [0.4, 0.5) is 0 Å². The third kappa shape index (κ3) is 2.24. The molecule has 0 aromatic heterocycles. The van der Waals surface area contributed by atoms with Crippen LogP contribution in [0, 0.1) is 0 Å². The van der Waals surface area contributed by atoms with Gasteiger partial charge in [-0.25, -0.2) is 0 Å². The van der Waals surface area contributed by atoms with Crippen molar-refractivity contribution in [3.63, 3.8) is 0 Å². The Morgan fingerprint density at radius 3 is 1.71 bits per heavy atom. The molecule has 3 fully saturated rings. The molecule has 3 aliphatic heterocycles. The first-order valence-corrected chi connectivity index (χ1v) is 10.5.